The summed E-state index contributed by atoms with van der Waals surface area (Å²) in [6.45, 7) is 8.72. The maximum Gasteiger partial charge on any atom is 0.263 e. The lowest BCUT2D eigenvalue weighted by Gasteiger charge is -2.23. The molecule has 5 aromatic rings. The van der Waals surface area contributed by atoms with Crippen molar-refractivity contribution in [2.45, 2.75) is 58.5 Å². The minimum Gasteiger partial charge on any atom is -0.383 e. The van der Waals surface area contributed by atoms with E-state index in [9.17, 15) is 19.3 Å². The number of halogens is 2. The van der Waals surface area contributed by atoms with E-state index >= 15 is 0 Å². The Bertz CT molecular complexity index is 1930. The van der Waals surface area contributed by atoms with Crippen molar-refractivity contribution in [2.75, 3.05) is 17.2 Å². The van der Waals surface area contributed by atoms with Crippen LogP contribution in [-0.4, -0.2) is 43.1 Å². The van der Waals surface area contributed by atoms with E-state index in [1.807, 2.05) is 31.2 Å². The molecule has 0 amide bonds. The molecule has 0 radical (unpaired) electrons. The van der Waals surface area contributed by atoms with Crippen LogP contribution in [0.25, 0.3) is 21.8 Å². The molecule has 1 aliphatic rings. The van der Waals surface area contributed by atoms with Crippen molar-refractivity contribution in [1.29, 1.82) is 10.5 Å². The third kappa shape index (κ3) is 4.99. The average molecular weight is 581 g/mol. The molecule has 6 rings (SSSR count). The third-order valence-electron chi connectivity index (χ3n) is 7.86. The first-order chi connectivity index (χ1) is 20.5. The standard InChI is InChI=1S/C31H30F2N10/c1-17-25-21(6-5-7-23(25)40-39-17)28(24-15-43(42-41-24)31(8-9-31)29(32)33)38-20-10-18(12-34)26-22(11-20)27(19(13-35)14-36-26)37-16-30(2,3)4/h5-7,10-11,14-15,28-29,38H,8-9,16H2,1-4H3,(H,36,37)(H,39,40)/t28-/m0/s1. The topological polar surface area (TPSA) is 144 Å². The molecule has 10 nitrogen and oxygen atoms in total. The van der Waals surface area contributed by atoms with E-state index < -0.39 is 18.0 Å². The molecule has 3 N–H and O–H groups in total. The van der Waals surface area contributed by atoms with E-state index in [1.54, 1.807) is 12.3 Å². The second-order valence-electron chi connectivity index (χ2n) is 12.3. The van der Waals surface area contributed by atoms with Crippen LogP contribution in [0.2, 0.25) is 0 Å². The number of aromatic amines is 1. The van der Waals surface area contributed by atoms with Gasteiger partial charge in [0, 0.05) is 29.2 Å². The van der Waals surface area contributed by atoms with Gasteiger partial charge in [-0.15, -0.1) is 5.10 Å². The first kappa shape index (κ1) is 28.0. The molecule has 2 aromatic carbocycles. The monoisotopic (exact) mass is 580 g/mol. The van der Waals surface area contributed by atoms with Gasteiger partial charge in [0.1, 0.15) is 23.4 Å². The van der Waals surface area contributed by atoms with Crippen molar-refractivity contribution in [3.05, 3.63) is 70.8 Å². The Morgan fingerprint density at radius 3 is 2.58 bits per heavy atom. The number of fused-ring (bicyclic) bond motifs is 2. The van der Waals surface area contributed by atoms with E-state index in [-0.39, 0.29) is 5.41 Å². The maximum atomic E-state index is 13.9. The first-order valence-corrected chi connectivity index (χ1v) is 14.0. The zero-order valence-corrected chi connectivity index (χ0v) is 24.2. The van der Waals surface area contributed by atoms with Crippen molar-refractivity contribution in [2.24, 2.45) is 5.41 Å². The number of aryl methyl sites for hydroxylation is 1. The fourth-order valence-corrected chi connectivity index (χ4v) is 5.39. The summed E-state index contributed by atoms with van der Waals surface area (Å²) in [6.07, 6.45) is 1.14. The molecule has 0 saturated heterocycles. The van der Waals surface area contributed by atoms with Crippen molar-refractivity contribution in [3.63, 3.8) is 0 Å². The van der Waals surface area contributed by atoms with Crippen LogP contribution in [0.3, 0.4) is 0 Å². The summed E-state index contributed by atoms with van der Waals surface area (Å²) >= 11 is 0. The highest BCUT2D eigenvalue weighted by Crippen LogP contribution is 2.48. The maximum absolute atomic E-state index is 13.9. The van der Waals surface area contributed by atoms with Gasteiger partial charge in [-0.25, -0.2) is 13.5 Å². The fourth-order valence-electron chi connectivity index (χ4n) is 5.39. The number of anilines is 2. The number of hydrogen-bond acceptors (Lipinski definition) is 8. The van der Waals surface area contributed by atoms with Crippen molar-refractivity contribution in [1.82, 2.24) is 30.2 Å². The number of pyridine rings is 1. The lowest BCUT2D eigenvalue weighted by Crippen LogP contribution is -2.26. The van der Waals surface area contributed by atoms with E-state index in [0.717, 1.165) is 22.2 Å². The molecule has 1 aliphatic carbocycles. The zero-order valence-electron chi connectivity index (χ0n) is 24.2. The summed E-state index contributed by atoms with van der Waals surface area (Å²) in [5.41, 5.74) is 3.71. The second kappa shape index (κ2) is 10.3. The largest absolute Gasteiger partial charge is 0.383 e. The number of alkyl halides is 2. The number of aromatic nitrogens is 6. The summed E-state index contributed by atoms with van der Waals surface area (Å²) in [4.78, 5) is 4.44. The quantitative estimate of drug-likeness (QED) is 0.198. The predicted octanol–water partition coefficient (Wildman–Crippen LogP) is 6.17. The van der Waals surface area contributed by atoms with Gasteiger partial charge in [-0.2, -0.15) is 15.6 Å². The molecule has 218 valence electrons. The summed E-state index contributed by atoms with van der Waals surface area (Å²) in [5.74, 6) is 0. The van der Waals surface area contributed by atoms with Gasteiger partial charge in [0.15, 0.2) is 0 Å². The van der Waals surface area contributed by atoms with Crippen LogP contribution in [-0.2, 0) is 5.54 Å². The van der Waals surface area contributed by atoms with Gasteiger partial charge < -0.3 is 10.6 Å². The minimum atomic E-state index is -2.56. The Hall–Kier alpha value is -5.10. The molecule has 1 atom stereocenters. The molecule has 3 aromatic heterocycles. The molecule has 1 saturated carbocycles. The van der Waals surface area contributed by atoms with E-state index in [1.165, 1.54) is 10.9 Å². The number of hydrogen-bond donors (Lipinski definition) is 3. The van der Waals surface area contributed by atoms with Crippen molar-refractivity contribution < 1.29 is 8.78 Å². The number of rotatable bonds is 8. The Morgan fingerprint density at radius 2 is 1.91 bits per heavy atom. The average Bonchev–Trinajstić information content (AvgIpc) is 3.50. The molecule has 1 fully saturated rings. The minimum absolute atomic E-state index is 0.0779. The normalized spacial score (nSPS) is 14.9. The lowest BCUT2D eigenvalue weighted by molar-refractivity contribution is 0.0593. The van der Waals surface area contributed by atoms with Gasteiger partial charge in [0.2, 0.25) is 0 Å². The van der Waals surface area contributed by atoms with Crippen LogP contribution >= 0.6 is 0 Å². The summed E-state index contributed by atoms with van der Waals surface area (Å²) in [5, 5.41) is 44.2. The lowest BCUT2D eigenvalue weighted by atomic mass is 9.96. The van der Waals surface area contributed by atoms with Crippen molar-refractivity contribution >= 4 is 33.2 Å². The van der Waals surface area contributed by atoms with Crippen LogP contribution in [0, 0.1) is 35.0 Å². The Labute approximate surface area is 246 Å². The van der Waals surface area contributed by atoms with E-state index in [0.29, 0.717) is 58.5 Å². The number of benzene rings is 2. The molecule has 0 unspecified atom stereocenters. The number of nitriles is 2. The highest BCUT2D eigenvalue weighted by Gasteiger charge is 2.54. The fraction of sp³-hybridized carbons (Fsp3) is 0.355. The van der Waals surface area contributed by atoms with Crippen molar-refractivity contribution in [3.8, 4) is 12.1 Å². The Kier molecular flexibility index (Phi) is 6.73. The SMILES string of the molecule is Cc1n[nH]c2cccc([C@H](Nc3cc(C#N)c4ncc(C#N)c(NCC(C)(C)C)c4c3)c3cn(C4(C(F)F)CC4)nn3)c12. The molecule has 3 heterocycles. The molecular weight excluding hydrogens is 550 g/mol. The summed E-state index contributed by atoms with van der Waals surface area (Å²) < 4.78 is 29.2. The molecule has 12 heteroatoms. The summed E-state index contributed by atoms with van der Waals surface area (Å²) in [6, 6.07) is 13.1. The van der Waals surface area contributed by atoms with Gasteiger partial charge >= 0.3 is 0 Å². The number of nitrogens with zero attached hydrogens (tertiary/aromatic N) is 7. The Morgan fingerprint density at radius 1 is 1.14 bits per heavy atom. The smallest absolute Gasteiger partial charge is 0.263 e. The highest BCUT2D eigenvalue weighted by molar-refractivity contribution is 5.99. The molecule has 0 aliphatic heterocycles. The van der Waals surface area contributed by atoms with Crippen LogP contribution in [0.4, 0.5) is 20.2 Å². The second-order valence-corrected chi connectivity index (χ2v) is 12.3. The Balaban J connectivity index is 1.51. The van der Waals surface area contributed by atoms with Crippen LogP contribution in [0.1, 0.15) is 67.7 Å². The van der Waals surface area contributed by atoms with Gasteiger partial charge in [-0.1, -0.05) is 38.1 Å². The zero-order chi connectivity index (χ0) is 30.5. The number of nitrogens with one attached hydrogen (secondary N) is 3. The van der Waals surface area contributed by atoms with Gasteiger partial charge in [-0.3, -0.25) is 10.1 Å². The number of H-pyrrole nitrogens is 1. The van der Waals surface area contributed by atoms with Gasteiger partial charge in [0.05, 0.1) is 45.8 Å². The molecule has 43 heavy (non-hydrogen) atoms. The van der Waals surface area contributed by atoms with Gasteiger partial charge in [0.25, 0.3) is 6.43 Å². The molecular formula is C31H30F2N10. The van der Waals surface area contributed by atoms with Crippen LogP contribution < -0.4 is 10.6 Å². The molecule has 0 bridgehead atoms. The predicted molar refractivity (Wildman–Crippen MR) is 159 cm³/mol. The van der Waals surface area contributed by atoms with E-state index in [4.69, 9.17) is 0 Å². The highest BCUT2D eigenvalue weighted by atomic mass is 19.3. The first-order valence-electron chi connectivity index (χ1n) is 14.0. The third-order valence-corrected chi connectivity index (χ3v) is 7.86. The van der Waals surface area contributed by atoms with Crippen LogP contribution in [0.5, 0.6) is 0 Å². The van der Waals surface area contributed by atoms with E-state index in [2.05, 4.69) is 69.0 Å². The molecule has 0 spiro atoms. The van der Waals surface area contributed by atoms with Crippen LogP contribution in [0.15, 0.2) is 42.7 Å². The summed E-state index contributed by atoms with van der Waals surface area (Å²) in [7, 11) is 0. The van der Waals surface area contributed by atoms with Gasteiger partial charge in [-0.05, 0) is 48.9 Å².